The highest BCUT2D eigenvalue weighted by Gasteiger charge is 2.27. The summed E-state index contributed by atoms with van der Waals surface area (Å²) in [7, 11) is 1.65. The Bertz CT molecular complexity index is 816. The van der Waals surface area contributed by atoms with Crippen molar-refractivity contribution in [1.29, 1.82) is 0 Å². The first-order valence-corrected chi connectivity index (χ1v) is 10.4. The number of halogens is 1. The van der Waals surface area contributed by atoms with Crippen LogP contribution < -0.4 is 4.90 Å². The number of ether oxygens (including phenoxy) is 2. The summed E-state index contributed by atoms with van der Waals surface area (Å²) in [5.41, 5.74) is 2.21. The van der Waals surface area contributed by atoms with Crippen LogP contribution in [0.1, 0.15) is 25.8 Å². The van der Waals surface area contributed by atoms with E-state index in [1.165, 1.54) is 12.1 Å². The number of nitrogens with zero attached hydrogens (tertiary/aromatic N) is 3. The molecule has 30 heavy (non-hydrogen) atoms. The maximum absolute atomic E-state index is 13.4. The van der Waals surface area contributed by atoms with Crippen LogP contribution in [0.2, 0.25) is 0 Å². The van der Waals surface area contributed by atoms with E-state index in [0.29, 0.717) is 57.6 Å². The number of methoxy groups -OCH3 is 1. The Hall–Kier alpha value is -2.45. The van der Waals surface area contributed by atoms with Gasteiger partial charge in [0.25, 0.3) is 0 Å². The van der Waals surface area contributed by atoms with Crippen LogP contribution in [0.5, 0.6) is 0 Å². The molecule has 1 amide bonds. The Morgan fingerprint density at radius 3 is 2.60 bits per heavy atom. The van der Waals surface area contributed by atoms with Gasteiger partial charge in [0.2, 0.25) is 11.8 Å². The molecular formula is C22H30FN3O4. The largest absolute Gasteiger partial charge is 0.385 e. The second kappa shape index (κ2) is 10.5. The van der Waals surface area contributed by atoms with Crippen LogP contribution in [0.15, 0.2) is 28.8 Å². The lowest BCUT2D eigenvalue weighted by Gasteiger charge is -2.29. The van der Waals surface area contributed by atoms with E-state index < -0.39 is 0 Å². The number of rotatable bonds is 9. The van der Waals surface area contributed by atoms with E-state index in [2.05, 4.69) is 10.1 Å². The maximum Gasteiger partial charge on any atom is 0.233 e. The fraction of sp³-hybridized carbons (Fsp3) is 0.545. The molecule has 7 nitrogen and oxygen atoms in total. The number of morpholine rings is 1. The Morgan fingerprint density at radius 1 is 1.27 bits per heavy atom. The van der Waals surface area contributed by atoms with Gasteiger partial charge in [-0.2, -0.15) is 0 Å². The molecule has 1 aliphatic rings. The van der Waals surface area contributed by atoms with Crippen LogP contribution in [0.3, 0.4) is 0 Å². The molecule has 2 heterocycles. The summed E-state index contributed by atoms with van der Waals surface area (Å²) in [5, 5.41) is 4.30. The topological polar surface area (TPSA) is 68.0 Å². The van der Waals surface area contributed by atoms with Crippen molar-refractivity contribution in [2.75, 3.05) is 51.5 Å². The maximum atomic E-state index is 13.4. The van der Waals surface area contributed by atoms with Gasteiger partial charge in [-0.05, 0) is 30.7 Å². The quantitative estimate of drug-likeness (QED) is 0.581. The highest BCUT2D eigenvalue weighted by Crippen LogP contribution is 2.33. The molecule has 1 aromatic heterocycles. The molecule has 8 heteroatoms. The van der Waals surface area contributed by atoms with Gasteiger partial charge in [0.1, 0.15) is 11.5 Å². The van der Waals surface area contributed by atoms with Crippen molar-refractivity contribution < 1.29 is 23.2 Å². The summed E-state index contributed by atoms with van der Waals surface area (Å²) in [6.45, 7) is 7.88. The van der Waals surface area contributed by atoms with E-state index in [-0.39, 0.29) is 17.6 Å². The molecular weight excluding hydrogens is 389 g/mol. The number of amides is 1. The fourth-order valence-electron chi connectivity index (χ4n) is 3.52. The highest BCUT2D eigenvalue weighted by molar-refractivity contribution is 5.79. The third kappa shape index (κ3) is 5.37. The number of carbonyl (C=O) groups excluding carboxylic acids is 1. The lowest BCUT2D eigenvalue weighted by molar-refractivity contribution is -0.135. The third-order valence-corrected chi connectivity index (χ3v) is 5.11. The summed E-state index contributed by atoms with van der Waals surface area (Å²) in [5.74, 6) is 0.262. The molecule has 0 radical (unpaired) electrons. The van der Waals surface area contributed by atoms with Gasteiger partial charge in [0.05, 0.1) is 25.3 Å². The zero-order chi connectivity index (χ0) is 21.5. The van der Waals surface area contributed by atoms with E-state index in [1.54, 1.807) is 19.2 Å². The number of hydrogen-bond acceptors (Lipinski definition) is 6. The van der Waals surface area contributed by atoms with E-state index in [4.69, 9.17) is 14.0 Å². The minimum absolute atomic E-state index is 0.0605. The smallest absolute Gasteiger partial charge is 0.233 e. The zero-order valence-corrected chi connectivity index (χ0v) is 17.9. The van der Waals surface area contributed by atoms with E-state index >= 15 is 0 Å². The molecule has 0 atom stereocenters. The molecule has 0 aliphatic carbocycles. The Balaban J connectivity index is 1.96. The van der Waals surface area contributed by atoms with Crippen molar-refractivity contribution in [3.05, 3.63) is 35.6 Å². The van der Waals surface area contributed by atoms with Crippen LogP contribution in [0.25, 0.3) is 11.3 Å². The summed E-state index contributed by atoms with van der Waals surface area (Å²) < 4.78 is 29.8. The van der Waals surface area contributed by atoms with Gasteiger partial charge in [0.15, 0.2) is 0 Å². The summed E-state index contributed by atoms with van der Waals surface area (Å²) in [6, 6.07) is 6.16. The van der Waals surface area contributed by atoms with Gasteiger partial charge in [0, 0.05) is 44.8 Å². The summed E-state index contributed by atoms with van der Waals surface area (Å²) in [6.07, 6.45) is 0.735. The van der Waals surface area contributed by atoms with Crippen LogP contribution in [-0.2, 0) is 20.8 Å². The van der Waals surface area contributed by atoms with Gasteiger partial charge in [-0.25, -0.2) is 4.39 Å². The molecule has 0 N–H and O–H groups in total. The second-order valence-electron chi connectivity index (χ2n) is 7.68. The number of anilines is 1. The first kappa shape index (κ1) is 22.2. The molecule has 1 fully saturated rings. The molecule has 3 rings (SSSR count). The number of carbonyl (C=O) groups is 1. The molecule has 1 saturated heterocycles. The van der Waals surface area contributed by atoms with Gasteiger partial charge in [-0.3, -0.25) is 4.79 Å². The molecule has 1 aliphatic heterocycles. The molecule has 1 aromatic carbocycles. The fourth-order valence-corrected chi connectivity index (χ4v) is 3.52. The second-order valence-corrected chi connectivity index (χ2v) is 7.68. The average Bonchev–Trinajstić information content (AvgIpc) is 3.17. The first-order chi connectivity index (χ1) is 14.5. The number of aromatic nitrogens is 1. The van der Waals surface area contributed by atoms with Crippen molar-refractivity contribution in [3.63, 3.8) is 0 Å². The van der Waals surface area contributed by atoms with Crippen molar-refractivity contribution in [3.8, 4) is 11.3 Å². The number of hydrogen-bond donors (Lipinski definition) is 0. The van der Waals surface area contributed by atoms with Crippen molar-refractivity contribution in [2.24, 2.45) is 5.92 Å². The normalized spacial score (nSPS) is 14.4. The van der Waals surface area contributed by atoms with E-state index in [1.807, 2.05) is 18.7 Å². The van der Waals surface area contributed by atoms with Crippen LogP contribution in [0.4, 0.5) is 10.3 Å². The van der Waals surface area contributed by atoms with Crippen molar-refractivity contribution in [1.82, 2.24) is 10.1 Å². The Kier molecular flexibility index (Phi) is 7.81. The van der Waals surface area contributed by atoms with Gasteiger partial charge in [-0.1, -0.05) is 19.0 Å². The van der Waals surface area contributed by atoms with Crippen LogP contribution >= 0.6 is 0 Å². The van der Waals surface area contributed by atoms with Gasteiger partial charge >= 0.3 is 0 Å². The molecule has 0 bridgehead atoms. The lowest BCUT2D eigenvalue weighted by Crippen LogP contribution is -2.38. The SMILES string of the molecule is COCCCN(Cc1c(-c2ccc(F)cc2)noc1N1CCOCC1)C(=O)C(C)C. The van der Waals surface area contributed by atoms with Gasteiger partial charge < -0.3 is 23.8 Å². The predicted octanol–water partition coefficient (Wildman–Crippen LogP) is 3.34. The Morgan fingerprint density at radius 2 is 1.97 bits per heavy atom. The van der Waals surface area contributed by atoms with E-state index in [9.17, 15) is 9.18 Å². The van der Waals surface area contributed by atoms with Crippen molar-refractivity contribution in [2.45, 2.75) is 26.8 Å². The summed E-state index contributed by atoms with van der Waals surface area (Å²) in [4.78, 5) is 16.8. The average molecular weight is 419 g/mol. The van der Waals surface area contributed by atoms with E-state index in [0.717, 1.165) is 17.5 Å². The number of benzene rings is 1. The van der Waals surface area contributed by atoms with Crippen LogP contribution in [-0.4, -0.2) is 62.5 Å². The molecule has 0 saturated carbocycles. The highest BCUT2D eigenvalue weighted by atomic mass is 19.1. The molecule has 2 aromatic rings. The van der Waals surface area contributed by atoms with Gasteiger partial charge in [-0.15, -0.1) is 0 Å². The monoisotopic (exact) mass is 419 g/mol. The Labute approximate surface area is 176 Å². The lowest BCUT2D eigenvalue weighted by atomic mass is 10.1. The minimum Gasteiger partial charge on any atom is -0.385 e. The zero-order valence-electron chi connectivity index (χ0n) is 17.9. The molecule has 0 unspecified atom stereocenters. The summed E-state index contributed by atoms with van der Waals surface area (Å²) >= 11 is 0. The van der Waals surface area contributed by atoms with Crippen molar-refractivity contribution >= 4 is 11.8 Å². The third-order valence-electron chi connectivity index (χ3n) is 5.11. The standard InChI is InChI=1S/C22H30FN3O4/c1-16(2)21(27)26(9-4-12-28-3)15-19-20(17-5-7-18(23)8-6-17)24-30-22(19)25-10-13-29-14-11-25/h5-8,16H,4,9-15H2,1-3H3. The first-order valence-electron chi connectivity index (χ1n) is 10.4. The minimum atomic E-state index is -0.312. The van der Waals surface area contributed by atoms with Crippen LogP contribution in [0, 0.1) is 11.7 Å². The predicted molar refractivity (Wildman–Crippen MR) is 112 cm³/mol. The molecule has 0 spiro atoms. The molecule has 164 valence electrons.